The SMILES string of the molecule is COc1ccc(OCCC(=O)NCc2ccc(OCC(F)(F)F)cc2)cc1. The molecule has 0 fully saturated rings. The lowest BCUT2D eigenvalue weighted by molar-refractivity contribution is -0.153. The van der Waals surface area contributed by atoms with Crippen molar-refractivity contribution < 1.29 is 32.2 Å². The number of hydrogen-bond acceptors (Lipinski definition) is 4. The number of alkyl halides is 3. The maximum absolute atomic E-state index is 12.1. The van der Waals surface area contributed by atoms with Crippen LogP contribution < -0.4 is 19.5 Å². The van der Waals surface area contributed by atoms with Crippen molar-refractivity contribution in [2.75, 3.05) is 20.3 Å². The van der Waals surface area contributed by atoms with E-state index in [-0.39, 0.29) is 31.2 Å². The van der Waals surface area contributed by atoms with Gasteiger partial charge in [0.2, 0.25) is 5.91 Å². The third-order valence-electron chi connectivity index (χ3n) is 3.47. The van der Waals surface area contributed by atoms with Gasteiger partial charge in [-0.1, -0.05) is 12.1 Å². The van der Waals surface area contributed by atoms with Crippen molar-refractivity contribution in [1.29, 1.82) is 0 Å². The van der Waals surface area contributed by atoms with E-state index in [1.165, 1.54) is 12.1 Å². The van der Waals surface area contributed by atoms with E-state index >= 15 is 0 Å². The fourth-order valence-corrected chi connectivity index (χ4v) is 2.09. The highest BCUT2D eigenvalue weighted by molar-refractivity contribution is 5.76. The van der Waals surface area contributed by atoms with Crippen LogP contribution >= 0.6 is 0 Å². The molecule has 0 atom stereocenters. The molecular formula is C19H20F3NO4. The molecule has 0 spiro atoms. The van der Waals surface area contributed by atoms with E-state index in [2.05, 4.69) is 10.1 Å². The monoisotopic (exact) mass is 383 g/mol. The smallest absolute Gasteiger partial charge is 0.422 e. The summed E-state index contributed by atoms with van der Waals surface area (Å²) < 4.78 is 51.4. The first-order valence-electron chi connectivity index (χ1n) is 8.18. The molecule has 0 aliphatic rings. The van der Waals surface area contributed by atoms with Crippen LogP contribution in [-0.2, 0) is 11.3 Å². The second kappa shape index (κ2) is 9.70. The first-order chi connectivity index (χ1) is 12.9. The van der Waals surface area contributed by atoms with Gasteiger partial charge in [-0.2, -0.15) is 13.2 Å². The topological polar surface area (TPSA) is 56.8 Å². The normalized spacial score (nSPS) is 11.0. The van der Waals surface area contributed by atoms with Crippen LogP contribution in [0.25, 0.3) is 0 Å². The van der Waals surface area contributed by atoms with Crippen molar-refractivity contribution in [3.05, 3.63) is 54.1 Å². The fraction of sp³-hybridized carbons (Fsp3) is 0.316. The molecule has 5 nitrogen and oxygen atoms in total. The van der Waals surface area contributed by atoms with Crippen molar-refractivity contribution in [2.24, 2.45) is 0 Å². The predicted octanol–water partition coefficient (Wildman–Crippen LogP) is 3.72. The number of benzene rings is 2. The maximum Gasteiger partial charge on any atom is 0.422 e. The van der Waals surface area contributed by atoms with Crippen molar-refractivity contribution in [3.63, 3.8) is 0 Å². The zero-order chi connectivity index (χ0) is 19.7. The Morgan fingerprint density at radius 2 is 1.48 bits per heavy atom. The highest BCUT2D eigenvalue weighted by Crippen LogP contribution is 2.19. The summed E-state index contributed by atoms with van der Waals surface area (Å²) in [6, 6.07) is 13.1. The Balaban J connectivity index is 1.67. The Labute approximate surface area is 155 Å². The Bertz CT molecular complexity index is 715. The van der Waals surface area contributed by atoms with Crippen LogP contribution in [0, 0.1) is 0 Å². The highest BCUT2D eigenvalue weighted by Gasteiger charge is 2.28. The van der Waals surface area contributed by atoms with Gasteiger partial charge in [0.15, 0.2) is 6.61 Å². The molecule has 2 aromatic rings. The largest absolute Gasteiger partial charge is 0.497 e. The first-order valence-corrected chi connectivity index (χ1v) is 8.18. The first kappa shape index (κ1) is 20.4. The maximum atomic E-state index is 12.1. The molecule has 0 aliphatic carbocycles. The fourth-order valence-electron chi connectivity index (χ4n) is 2.09. The van der Waals surface area contributed by atoms with Crippen molar-refractivity contribution in [1.82, 2.24) is 5.32 Å². The Hall–Kier alpha value is -2.90. The quantitative estimate of drug-likeness (QED) is 0.717. The molecule has 0 saturated carbocycles. The molecule has 0 heterocycles. The molecule has 0 unspecified atom stereocenters. The zero-order valence-corrected chi connectivity index (χ0v) is 14.7. The van der Waals surface area contributed by atoms with Crippen molar-refractivity contribution in [2.45, 2.75) is 19.1 Å². The summed E-state index contributed by atoms with van der Waals surface area (Å²) in [4.78, 5) is 11.8. The van der Waals surface area contributed by atoms with E-state index in [0.717, 1.165) is 11.3 Å². The van der Waals surface area contributed by atoms with E-state index in [9.17, 15) is 18.0 Å². The van der Waals surface area contributed by atoms with E-state index in [4.69, 9.17) is 9.47 Å². The summed E-state index contributed by atoms with van der Waals surface area (Å²) in [5.74, 6) is 1.28. The van der Waals surface area contributed by atoms with Gasteiger partial charge >= 0.3 is 6.18 Å². The summed E-state index contributed by atoms with van der Waals surface area (Å²) >= 11 is 0. The van der Waals surface area contributed by atoms with E-state index in [0.29, 0.717) is 5.75 Å². The number of rotatable bonds is 9. The number of hydrogen-bond donors (Lipinski definition) is 1. The number of ether oxygens (including phenoxy) is 3. The zero-order valence-electron chi connectivity index (χ0n) is 14.7. The minimum Gasteiger partial charge on any atom is -0.497 e. The molecule has 0 saturated heterocycles. The Morgan fingerprint density at radius 1 is 0.926 bits per heavy atom. The van der Waals surface area contributed by atoms with Crippen LogP contribution in [0.15, 0.2) is 48.5 Å². The van der Waals surface area contributed by atoms with Gasteiger partial charge in [0, 0.05) is 6.54 Å². The van der Waals surface area contributed by atoms with Gasteiger partial charge < -0.3 is 19.5 Å². The average Bonchev–Trinajstić information content (AvgIpc) is 2.65. The summed E-state index contributed by atoms with van der Waals surface area (Å²) in [6.45, 7) is -0.847. The summed E-state index contributed by atoms with van der Waals surface area (Å²) in [5, 5.41) is 2.72. The molecule has 0 bridgehead atoms. The summed E-state index contributed by atoms with van der Waals surface area (Å²) in [7, 11) is 1.57. The van der Waals surface area contributed by atoms with Gasteiger partial charge in [0.05, 0.1) is 20.1 Å². The minimum atomic E-state index is -4.37. The van der Waals surface area contributed by atoms with Crippen LogP contribution in [0.5, 0.6) is 17.2 Å². The lowest BCUT2D eigenvalue weighted by Crippen LogP contribution is -2.24. The molecular weight excluding hydrogens is 363 g/mol. The average molecular weight is 383 g/mol. The number of carbonyl (C=O) groups excluding carboxylic acids is 1. The van der Waals surface area contributed by atoms with Crippen LogP contribution in [0.4, 0.5) is 13.2 Å². The lowest BCUT2D eigenvalue weighted by atomic mass is 10.2. The van der Waals surface area contributed by atoms with Crippen LogP contribution in [0.3, 0.4) is 0 Å². The minimum absolute atomic E-state index is 0.121. The Morgan fingerprint density at radius 3 is 2.07 bits per heavy atom. The molecule has 0 aliphatic heterocycles. The van der Waals surface area contributed by atoms with Crippen LogP contribution in [-0.4, -0.2) is 32.4 Å². The summed E-state index contributed by atoms with van der Waals surface area (Å²) in [5.41, 5.74) is 0.749. The molecule has 8 heteroatoms. The second-order valence-electron chi connectivity index (χ2n) is 5.60. The lowest BCUT2D eigenvalue weighted by Gasteiger charge is -2.10. The second-order valence-corrected chi connectivity index (χ2v) is 5.60. The van der Waals surface area contributed by atoms with E-state index in [1.807, 2.05) is 0 Å². The van der Waals surface area contributed by atoms with Gasteiger partial charge in [-0.15, -0.1) is 0 Å². The third kappa shape index (κ3) is 7.89. The number of methoxy groups -OCH3 is 1. The van der Waals surface area contributed by atoms with E-state index in [1.54, 1.807) is 43.5 Å². The predicted molar refractivity (Wildman–Crippen MR) is 92.9 cm³/mol. The molecule has 0 aromatic heterocycles. The molecule has 1 amide bonds. The molecule has 2 aromatic carbocycles. The number of halogens is 3. The molecule has 2 rings (SSSR count). The van der Waals surface area contributed by atoms with Gasteiger partial charge in [0.25, 0.3) is 0 Å². The van der Waals surface area contributed by atoms with Gasteiger partial charge in [-0.05, 0) is 42.0 Å². The Kier molecular flexibility index (Phi) is 7.34. The van der Waals surface area contributed by atoms with Crippen LogP contribution in [0.2, 0.25) is 0 Å². The van der Waals surface area contributed by atoms with Crippen LogP contribution in [0.1, 0.15) is 12.0 Å². The van der Waals surface area contributed by atoms with Gasteiger partial charge in [-0.25, -0.2) is 0 Å². The molecule has 27 heavy (non-hydrogen) atoms. The molecule has 146 valence electrons. The van der Waals surface area contributed by atoms with Gasteiger partial charge in [-0.3, -0.25) is 4.79 Å². The van der Waals surface area contributed by atoms with E-state index < -0.39 is 12.8 Å². The van der Waals surface area contributed by atoms with Gasteiger partial charge in [0.1, 0.15) is 17.2 Å². The highest BCUT2D eigenvalue weighted by atomic mass is 19.4. The molecule has 0 radical (unpaired) electrons. The molecule has 1 N–H and O–H groups in total. The number of carbonyl (C=O) groups is 1. The third-order valence-corrected chi connectivity index (χ3v) is 3.47. The number of nitrogens with one attached hydrogen (secondary N) is 1. The standard InChI is InChI=1S/C19H20F3NO4/c1-25-15-6-8-16(9-7-15)26-11-10-18(24)23-12-14-2-4-17(5-3-14)27-13-19(20,21)22/h2-9H,10-13H2,1H3,(H,23,24). The van der Waals surface area contributed by atoms with Crippen molar-refractivity contribution in [3.8, 4) is 17.2 Å². The number of amides is 1. The van der Waals surface area contributed by atoms with Crippen molar-refractivity contribution >= 4 is 5.91 Å². The summed E-state index contributed by atoms with van der Waals surface area (Å²) in [6.07, 6.45) is -4.20.